The van der Waals surface area contributed by atoms with Gasteiger partial charge in [-0.2, -0.15) is 0 Å². The molecule has 0 fully saturated rings. The Labute approximate surface area is 127 Å². The minimum Gasteiger partial charge on any atom is -0.352 e. The van der Waals surface area contributed by atoms with Crippen molar-refractivity contribution in [3.8, 4) is 0 Å². The van der Waals surface area contributed by atoms with Crippen LogP contribution in [0.15, 0.2) is 23.8 Å². The van der Waals surface area contributed by atoms with Crippen molar-refractivity contribution in [2.24, 2.45) is 5.92 Å². The fourth-order valence-corrected chi connectivity index (χ4v) is 2.53. The van der Waals surface area contributed by atoms with Crippen LogP contribution in [-0.4, -0.2) is 24.6 Å². The number of pyridine rings is 1. The lowest BCUT2D eigenvalue weighted by Crippen LogP contribution is -2.30. The summed E-state index contributed by atoms with van der Waals surface area (Å²) in [7, 11) is 0. The molecule has 1 aromatic rings. The maximum atomic E-state index is 6.25. The Bertz CT molecular complexity index is 483. The lowest BCUT2D eigenvalue weighted by molar-refractivity contribution is 0.548. The van der Waals surface area contributed by atoms with E-state index in [-0.39, 0.29) is 0 Å². The van der Waals surface area contributed by atoms with Crippen molar-refractivity contribution in [1.82, 2.24) is 10.3 Å². The Kier molecular flexibility index (Phi) is 5.44. The average Bonchev–Trinajstić information content (AvgIpc) is 2.40. The van der Waals surface area contributed by atoms with Crippen molar-refractivity contribution in [2.75, 3.05) is 24.5 Å². The van der Waals surface area contributed by atoms with E-state index in [2.05, 4.69) is 37.1 Å². The van der Waals surface area contributed by atoms with Gasteiger partial charge in [0.05, 0.1) is 10.7 Å². The summed E-state index contributed by atoms with van der Waals surface area (Å²) in [5.41, 5.74) is 2.35. The highest BCUT2D eigenvalue weighted by Gasteiger charge is 2.13. The van der Waals surface area contributed by atoms with Gasteiger partial charge in [-0.3, -0.25) is 0 Å². The first-order valence-electron chi connectivity index (χ1n) is 7.33. The van der Waals surface area contributed by atoms with Gasteiger partial charge < -0.3 is 10.2 Å². The second-order valence-corrected chi connectivity index (χ2v) is 6.29. The minimum absolute atomic E-state index is 0.631. The second-order valence-electron chi connectivity index (χ2n) is 5.88. The molecule has 0 unspecified atom stereocenters. The Hall–Kier alpha value is -1.06. The average molecular weight is 294 g/mol. The molecule has 0 bridgehead atoms. The normalized spacial score (nSPS) is 15.7. The molecule has 0 atom stereocenters. The van der Waals surface area contributed by atoms with Crippen LogP contribution in [0.4, 0.5) is 5.82 Å². The number of hydrogen-bond acceptors (Lipinski definition) is 3. The molecule has 0 aliphatic carbocycles. The molecule has 0 amide bonds. The smallest absolute Gasteiger partial charge is 0.129 e. The molecule has 20 heavy (non-hydrogen) atoms. The standard InChI is InChI=1S/C16H24ClN3/c1-12(2)9-18-10-15-14(17)6-7-16(19-15)20-8-4-5-13(3)11-20/h5-7,12,18H,4,8-11H2,1-3H3. The maximum absolute atomic E-state index is 6.25. The molecular weight excluding hydrogens is 270 g/mol. The van der Waals surface area contributed by atoms with Crippen LogP contribution in [0, 0.1) is 5.92 Å². The Morgan fingerprint density at radius 1 is 1.40 bits per heavy atom. The molecule has 0 saturated carbocycles. The molecule has 1 aliphatic heterocycles. The molecule has 1 N–H and O–H groups in total. The van der Waals surface area contributed by atoms with Gasteiger partial charge in [0.25, 0.3) is 0 Å². The first-order chi connectivity index (χ1) is 9.56. The lowest BCUT2D eigenvalue weighted by atomic mass is 10.1. The van der Waals surface area contributed by atoms with Crippen LogP contribution in [-0.2, 0) is 6.54 Å². The Balaban J connectivity index is 2.06. The summed E-state index contributed by atoms with van der Waals surface area (Å²) in [4.78, 5) is 7.05. The maximum Gasteiger partial charge on any atom is 0.129 e. The van der Waals surface area contributed by atoms with Crippen molar-refractivity contribution in [1.29, 1.82) is 0 Å². The largest absolute Gasteiger partial charge is 0.352 e. The Morgan fingerprint density at radius 3 is 2.90 bits per heavy atom. The number of hydrogen-bond donors (Lipinski definition) is 1. The minimum atomic E-state index is 0.631. The fourth-order valence-electron chi connectivity index (χ4n) is 2.36. The second kappa shape index (κ2) is 7.09. The first-order valence-corrected chi connectivity index (χ1v) is 7.70. The zero-order valence-corrected chi connectivity index (χ0v) is 13.4. The van der Waals surface area contributed by atoms with Crippen molar-refractivity contribution in [3.63, 3.8) is 0 Å². The van der Waals surface area contributed by atoms with E-state index in [1.54, 1.807) is 0 Å². The lowest BCUT2D eigenvalue weighted by Gasteiger charge is -2.27. The van der Waals surface area contributed by atoms with Crippen LogP contribution < -0.4 is 10.2 Å². The zero-order valence-electron chi connectivity index (χ0n) is 12.6. The predicted molar refractivity (Wildman–Crippen MR) is 86.4 cm³/mol. The summed E-state index contributed by atoms with van der Waals surface area (Å²) in [6, 6.07) is 3.98. The van der Waals surface area contributed by atoms with Crippen molar-refractivity contribution < 1.29 is 0 Å². The summed E-state index contributed by atoms with van der Waals surface area (Å²) in [5, 5.41) is 4.15. The van der Waals surface area contributed by atoms with Gasteiger partial charge in [-0.15, -0.1) is 0 Å². The molecule has 0 aromatic carbocycles. The van der Waals surface area contributed by atoms with Crippen LogP contribution >= 0.6 is 11.6 Å². The van der Waals surface area contributed by atoms with E-state index in [0.29, 0.717) is 5.92 Å². The van der Waals surface area contributed by atoms with E-state index in [1.807, 2.05) is 12.1 Å². The fraction of sp³-hybridized carbons (Fsp3) is 0.562. The number of halogens is 1. The highest BCUT2D eigenvalue weighted by atomic mass is 35.5. The van der Waals surface area contributed by atoms with E-state index in [1.165, 1.54) is 5.57 Å². The molecule has 0 spiro atoms. The quantitative estimate of drug-likeness (QED) is 0.840. The van der Waals surface area contributed by atoms with Gasteiger partial charge in [-0.05, 0) is 37.9 Å². The van der Waals surface area contributed by atoms with Gasteiger partial charge in [-0.25, -0.2) is 4.98 Å². The zero-order chi connectivity index (χ0) is 14.5. The highest BCUT2D eigenvalue weighted by Crippen LogP contribution is 2.22. The van der Waals surface area contributed by atoms with Crippen LogP contribution in [0.1, 0.15) is 32.9 Å². The molecule has 110 valence electrons. The molecule has 3 nitrogen and oxygen atoms in total. The summed E-state index contributed by atoms with van der Waals surface area (Å²) in [6.45, 7) is 10.3. The third-order valence-corrected chi connectivity index (χ3v) is 3.75. The predicted octanol–water partition coefficient (Wildman–Crippen LogP) is 3.64. The van der Waals surface area contributed by atoms with Crippen LogP contribution in [0.2, 0.25) is 5.02 Å². The molecule has 2 rings (SSSR count). The number of rotatable bonds is 5. The molecule has 1 aliphatic rings. The molecular formula is C16H24ClN3. The van der Waals surface area contributed by atoms with E-state index in [0.717, 1.165) is 49.1 Å². The van der Waals surface area contributed by atoms with Gasteiger partial charge in [-0.1, -0.05) is 37.1 Å². The van der Waals surface area contributed by atoms with Crippen molar-refractivity contribution in [3.05, 3.63) is 34.5 Å². The summed E-state index contributed by atoms with van der Waals surface area (Å²) in [6.07, 6.45) is 3.40. The topological polar surface area (TPSA) is 28.2 Å². The van der Waals surface area contributed by atoms with Gasteiger partial charge in [0.2, 0.25) is 0 Å². The number of aromatic nitrogens is 1. The SMILES string of the molecule is CC1=CCCN(c2ccc(Cl)c(CNCC(C)C)n2)C1. The summed E-state index contributed by atoms with van der Waals surface area (Å²) < 4.78 is 0. The van der Waals surface area contributed by atoms with Crippen LogP contribution in [0.3, 0.4) is 0 Å². The Morgan fingerprint density at radius 2 is 2.20 bits per heavy atom. The van der Waals surface area contributed by atoms with E-state index in [9.17, 15) is 0 Å². The van der Waals surface area contributed by atoms with Gasteiger partial charge in [0.15, 0.2) is 0 Å². The van der Waals surface area contributed by atoms with Crippen molar-refractivity contribution >= 4 is 17.4 Å². The third kappa shape index (κ3) is 4.22. The monoisotopic (exact) mass is 293 g/mol. The van der Waals surface area contributed by atoms with Gasteiger partial charge in [0, 0.05) is 19.6 Å². The molecule has 4 heteroatoms. The van der Waals surface area contributed by atoms with E-state index < -0.39 is 0 Å². The highest BCUT2D eigenvalue weighted by molar-refractivity contribution is 6.31. The van der Waals surface area contributed by atoms with Crippen molar-refractivity contribution in [2.45, 2.75) is 33.7 Å². The number of nitrogens with zero attached hydrogens (tertiary/aromatic N) is 2. The molecule has 1 aromatic heterocycles. The number of nitrogens with one attached hydrogen (secondary N) is 1. The molecule has 0 saturated heterocycles. The number of anilines is 1. The summed E-state index contributed by atoms with van der Waals surface area (Å²) in [5.74, 6) is 1.66. The molecule has 0 radical (unpaired) electrons. The van der Waals surface area contributed by atoms with Gasteiger partial charge in [0.1, 0.15) is 5.82 Å². The first kappa shape index (κ1) is 15.3. The van der Waals surface area contributed by atoms with E-state index >= 15 is 0 Å². The summed E-state index contributed by atoms with van der Waals surface area (Å²) >= 11 is 6.25. The van der Waals surface area contributed by atoms with Gasteiger partial charge >= 0.3 is 0 Å². The van der Waals surface area contributed by atoms with Crippen LogP contribution in [0.5, 0.6) is 0 Å². The van der Waals surface area contributed by atoms with E-state index in [4.69, 9.17) is 16.6 Å². The van der Waals surface area contributed by atoms with Crippen LogP contribution in [0.25, 0.3) is 0 Å². The third-order valence-electron chi connectivity index (χ3n) is 3.41. The molecule has 2 heterocycles.